The van der Waals surface area contributed by atoms with Gasteiger partial charge in [0.15, 0.2) is 0 Å². The number of carbonyl (C=O) groups is 1. The Labute approximate surface area is 119 Å². The van der Waals surface area contributed by atoms with Gasteiger partial charge in [0.05, 0.1) is 6.54 Å². The summed E-state index contributed by atoms with van der Waals surface area (Å²) in [5, 5.41) is 4.95. The van der Waals surface area contributed by atoms with Crippen molar-refractivity contribution in [2.45, 2.75) is 20.4 Å². The van der Waals surface area contributed by atoms with Crippen LogP contribution in [-0.4, -0.2) is 5.91 Å². The Balaban J connectivity index is 2.03. The number of thiophene rings is 1. The van der Waals surface area contributed by atoms with Crippen LogP contribution in [0.15, 0.2) is 34.1 Å². The van der Waals surface area contributed by atoms with Gasteiger partial charge in [-0.15, -0.1) is 11.3 Å². The minimum atomic E-state index is -0.0219. The molecule has 4 heteroatoms. The van der Waals surface area contributed by atoms with Gasteiger partial charge >= 0.3 is 0 Å². The maximum absolute atomic E-state index is 12.0. The van der Waals surface area contributed by atoms with E-state index in [1.54, 1.807) is 11.3 Å². The largest absolute Gasteiger partial charge is 0.347 e. The standard InChI is InChI=1S/C14H14BrNOS/c1-9-3-10(2)5-11(4-9)14(17)16-7-13-6-12(15)8-18-13/h3-6,8H,7H2,1-2H3,(H,16,17). The van der Waals surface area contributed by atoms with Crippen LogP contribution in [-0.2, 0) is 6.54 Å². The van der Waals surface area contributed by atoms with Crippen molar-refractivity contribution in [3.05, 3.63) is 55.7 Å². The van der Waals surface area contributed by atoms with E-state index < -0.39 is 0 Å². The van der Waals surface area contributed by atoms with Crippen molar-refractivity contribution in [3.8, 4) is 0 Å². The number of carbonyl (C=O) groups excluding carboxylic acids is 1. The lowest BCUT2D eigenvalue weighted by Gasteiger charge is -2.06. The van der Waals surface area contributed by atoms with Gasteiger partial charge in [-0.3, -0.25) is 4.79 Å². The van der Waals surface area contributed by atoms with Crippen LogP contribution in [0.1, 0.15) is 26.4 Å². The molecule has 0 radical (unpaired) electrons. The second-order valence-electron chi connectivity index (χ2n) is 4.29. The molecule has 18 heavy (non-hydrogen) atoms. The summed E-state index contributed by atoms with van der Waals surface area (Å²) in [4.78, 5) is 13.1. The minimum Gasteiger partial charge on any atom is -0.347 e. The summed E-state index contributed by atoms with van der Waals surface area (Å²) < 4.78 is 1.06. The highest BCUT2D eigenvalue weighted by molar-refractivity contribution is 9.10. The molecular weight excluding hydrogens is 310 g/mol. The second-order valence-corrected chi connectivity index (χ2v) is 6.20. The zero-order valence-electron chi connectivity index (χ0n) is 10.3. The third-order valence-corrected chi connectivity index (χ3v) is 4.23. The molecule has 1 N–H and O–H groups in total. The number of hydrogen-bond donors (Lipinski definition) is 1. The van der Waals surface area contributed by atoms with Gasteiger partial charge in [0.2, 0.25) is 0 Å². The van der Waals surface area contributed by atoms with Gasteiger partial charge in [-0.2, -0.15) is 0 Å². The van der Waals surface area contributed by atoms with Crippen molar-refractivity contribution in [1.82, 2.24) is 5.32 Å². The highest BCUT2D eigenvalue weighted by atomic mass is 79.9. The van der Waals surface area contributed by atoms with Gasteiger partial charge in [-0.25, -0.2) is 0 Å². The Morgan fingerprint density at radius 1 is 1.22 bits per heavy atom. The van der Waals surface area contributed by atoms with Crippen LogP contribution in [0, 0.1) is 13.8 Å². The summed E-state index contributed by atoms with van der Waals surface area (Å²) in [6.07, 6.45) is 0. The highest BCUT2D eigenvalue weighted by Crippen LogP contribution is 2.19. The van der Waals surface area contributed by atoms with Gasteiger partial charge in [-0.05, 0) is 48.0 Å². The number of hydrogen-bond acceptors (Lipinski definition) is 2. The van der Waals surface area contributed by atoms with E-state index in [1.165, 1.54) is 0 Å². The molecule has 1 aromatic heterocycles. The van der Waals surface area contributed by atoms with E-state index in [0.29, 0.717) is 6.54 Å². The van der Waals surface area contributed by atoms with E-state index in [4.69, 9.17) is 0 Å². The molecule has 1 heterocycles. The maximum atomic E-state index is 12.0. The Morgan fingerprint density at radius 3 is 2.44 bits per heavy atom. The van der Waals surface area contributed by atoms with Gasteiger partial charge in [-0.1, -0.05) is 17.2 Å². The van der Waals surface area contributed by atoms with Crippen molar-refractivity contribution in [2.24, 2.45) is 0 Å². The molecule has 0 aliphatic heterocycles. The molecular formula is C14H14BrNOS. The first-order chi connectivity index (χ1) is 8.54. The van der Waals surface area contributed by atoms with E-state index >= 15 is 0 Å². The molecule has 0 bridgehead atoms. The third kappa shape index (κ3) is 3.43. The molecule has 0 saturated carbocycles. The van der Waals surface area contributed by atoms with Crippen molar-refractivity contribution < 1.29 is 4.79 Å². The Kier molecular flexibility index (Phi) is 4.19. The number of halogens is 1. The van der Waals surface area contributed by atoms with Crippen LogP contribution in [0.25, 0.3) is 0 Å². The van der Waals surface area contributed by atoms with Crippen LogP contribution in [0.5, 0.6) is 0 Å². The van der Waals surface area contributed by atoms with E-state index in [2.05, 4.69) is 27.3 Å². The molecule has 1 aromatic carbocycles. The van der Waals surface area contributed by atoms with Gasteiger partial charge in [0.1, 0.15) is 0 Å². The average molecular weight is 324 g/mol. The van der Waals surface area contributed by atoms with Gasteiger partial charge < -0.3 is 5.32 Å². The third-order valence-electron chi connectivity index (χ3n) is 2.53. The lowest BCUT2D eigenvalue weighted by Crippen LogP contribution is -2.22. The summed E-state index contributed by atoms with van der Waals surface area (Å²) in [5.41, 5.74) is 2.95. The number of aryl methyl sites for hydroxylation is 2. The molecule has 2 nitrogen and oxygen atoms in total. The summed E-state index contributed by atoms with van der Waals surface area (Å²) in [6, 6.07) is 7.90. The molecule has 0 atom stereocenters. The van der Waals surface area contributed by atoms with Crippen LogP contribution >= 0.6 is 27.3 Å². The van der Waals surface area contributed by atoms with Crippen molar-refractivity contribution >= 4 is 33.2 Å². The molecule has 2 rings (SSSR count). The maximum Gasteiger partial charge on any atom is 0.251 e. The van der Waals surface area contributed by atoms with Crippen LogP contribution in [0.2, 0.25) is 0 Å². The zero-order valence-corrected chi connectivity index (χ0v) is 12.7. The molecule has 0 aliphatic carbocycles. The van der Waals surface area contributed by atoms with E-state index in [9.17, 15) is 4.79 Å². The SMILES string of the molecule is Cc1cc(C)cc(C(=O)NCc2cc(Br)cs2)c1. The number of nitrogens with one attached hydrogen (secondary N) is 1. The average Bonchev–Trinajstić information content (AvgIpc) is 2.70. The zero-order chi connectivity index (χ0) is 13.1. The van der Waals surface area contributed by atoms with Crippen molar-refractivity contribution in [3.63, 3.8) is 0 Å². The monoisotopic (exact) mass is 323 g/mol. The molecule has 0 spiro atoms. The Morgan fingerprint density at radius 2 is 1.89 bits per heavy atom. The summed E-state index contributed by atoms with van der Waals surface area (Å²) in [7, 11) is 0. The number of amides is 1. The first kappa shape index (κ1) is 13.3. The molecule has 1 amide bonds. The Hall–Kier alpha value is -1.13. The minimum absolute atomic E-state index is 0.0219. The Bertz CT molecular complexity index is 557. The van der Waals surface area contributed by atoms with Gasteiger partial charge in [0.25, 0.3) is 5.91 Å². The fraction of sp³-hybridized carbons (Fsp3) is 0.214. The molecule has 0 fully saturated rings. The summed E-state index contributed by atoms with van der Waals surface area (Å²) >= 11 is 5.03. The van der Waals surface area contributed by atoms with Gasteiger partial charge in [0, 0.05) is 20.3 Å². The fourth-order valence-electron chi connectivity index (χ4n) is 1.82. The predicted molar refractivity (Wildman–Crippen MR) is 79.1 cm³/mol. The molecule has 0 saturated heterocycles. The summed E-state index contributed by atoms with van der Waals surface area (Å²) in [5.74, 6) is -0.0219. The fourth-order valence-corrected chi connectivity index (χ4v) is 3.21. The van der Waals surface area contributed by atoms with E-state index in [1.807, 2.05) is 37.4 Å². The van der Waals surface area contributed by atoms with Crippen LogP contribution in [0.3, 0.4) is 0 Å². The van der Waals surface area contributed by atoms with Crippen LogP contribution in [0.4, 0.5) is 0 Å². The predicted octanol–water partition coefficient (Wildman–Crippen LogP) is 4.06. The first-order valence-corrected chi connectivity index (χ1v) is 7.31. The van der Waals surface area contributed by atoms with E-state index in [0.717, 1.165) is 26.0 Å². The van der Waals surface area contributed by atoms with Crippen LogP contribution < -0.4 is 5.32 Å². The van der Waals surface area contributed by atoms with Crippen molar-refractivity contribution in [1.29, 1.82) is 0 Å². The topological polar surface area (TPSA) is 29.1 Å². The first-order valence-electron chi connectivity index (χ1n) is 5.64. The summed E-state index contributed by atoms with van der Waals surface area (Å²) in [6.45, 7) is 4.57. The lowest BCUT2D eigenvalue weighted by molar-refractivity contribution is 0.0951. The number of benzene rings is 1. The molecule has 94 valence electrons. The second kappa shape index (κ2) is 5.67. The molecule has 0 unspecified atom stereocenters. The molecule has 2 aromatic rings. The van der Waals surface area contributed by atoms with E-state index in [-0.39, 0.29) is 5.91 Å². The highest BCUT2D eigenvalue weighted by Gasteiger charge is 2.07. The number of rotatable bonds is 3. The normalized spacial score (nSPS) is 10.4. The smallest absolute Gasteiger partial charge is 0.251 e. The lowest BCUT2D eigenvalue weighted by atomic mass is 10.1. The quantitative estimate of drug-likeness (QED) is 0.906. The molecule has 0 aliphatic rings. The van der Waals surface area contributed by atoms with Crippen molar-refractivity contribution in [2.75, 3.05) is 0 Å².